The van der Waals surface area contributed by atoms with Gasteiger partial charge in [0.15, 0.2) is 0 Å². The van der Waals surface area contributed by atoms with E-state index in [0.29, 0.717) is 0 Å². The Morgan fingerprint density at radius 3 is 2.23 bits per heavy atom. The lowest BCUT2D eigenvalue weighted by Crippen LogP contribution is -1.98. The molecule has 0 aliphatic heterocycles. The Labute approximate surface area is 78.4 Å². The Bertz CT molecular complexity index is 245. The van der Waals surface area contributed by atoms with E-state index in [9.17, 15) is 14.4 Å². The normalized spacial score (nSPS) is 10.2. The molecule has 5 nitrogen and oxygen atoms in total. The van der Waals surface area contributed by atoms with Gasteiger partial charge in [-0.3, -0.25) is 9.59 Å². The van der Waals surface area contributed by atoms with Gasteiger partial charge in [0.2, 0.25) is 5.12 Å². The average molecular weight is 204 g/mol. The molecule has 13 heavy (non-hydrogen) atoms. The maximum atomic E-state index is 10.7. The topological polar surface area (TPSA) is 91.7 Å². The van der Waals surface area contributed by atoms with E-state index in [1.165, 1.54) is 0 Å². The van der Waals surface area contributed by atoms with E-state index in [-0.39, 0.29) is 12.2 Å². The fraction of sp³-hybridized carbons (Fsp3) is 0.286. The Balaban J connectivity index is 3.64. The molecular weight excluding hydrogens is 196 g/mol. The van der Waals surface area contributed by atoms with Crippen molar-refractivity contribution in [3.8, 4) is 0 Å². The van der Waals surface area contributed by atoms with Gasteiger partial charge in [-0.1, -0.05) is 11.8 Å². The molecule has 0 bridgehead atoms. The molecule has 2 N–H and O–H groups in total. The highest BCUT2D eigenvalue weighted by Gasteiger charge is 2.01. The van der Waals surface area contributed by atoms with Crippen LogP contribution < -0.4 is 0 Å². The van der Waals surface area contributed by atoms with E-state index in [1.807, 2.05) is 0 Å². The van der Waals surface area contributed by atoms with Crippen LogP contribution in [0.3, 0.4) is 0 Å². The monoisotopic (exact) mass is 204 g/mol. The van der Waals surface area contributed by atoms with Gasteiger partial charge in [0.05, 0.1) is 6.42 Å². The van der Waals surface area contributed by atoms with Gasteiger partial charge in [-0.25, -0.2) is 4.79 Å². The van der Waals surface area contributed by atoms with Gasteiger partial charge in [-0.2, -0.15) is 0 Å². The van der Waals surface area contributed by atoms with Crippen molar-refractivity contribution < 1.29 is 24.6 Å². The summed E-state index contributed by atoms with van der Waals surface area (Å²) in [6.45, 7) is 0. The quantitative estimate of drug-likeness (QED) is 0.628. The molecule has 0 unspecified atom stereocenters. The third-order valence-electron chi connectivity index (χ3n) is 0.922. The van der Waals surface area contributed by atoms with Crippen molar-refractivity contribution in [3.63, 3.8) is 0 Å². The van der Waals surface area contributed by atoms with E-state index in [4.69, 9.17) is 10.2 Å². The van der Waals surface area contributed by atoms with Crippen LogP contribution in [0.1, 0.15) is 6.42 Å². The van der Waals surface area contributed by atoms with Crippen molar-refractivity contribution in [2.24, 2.45) is 0 Å². The van der Waals surface area contributed by atoms with Crippen molar-refractivity contribution >= 4 is 28.8 Å². The lowest BCUT2D eigenvalue weighted by molar-refractivity contribution is -0.136. The highest BCUT2D eigenvalue weighted by atomic mass is 32.2. The number of carboxylic acids is 2. The van der Waals surface area contributed by atoms with Gasteiger partial charge in [0, 0.05) is 11.8 Å². The number of thioether (sulfide) groups is 1. The van der Waals surface area contributed by atoms with Gasteiger partial charge in [-0.05, 0) is 6.08 Å². The molecular formula is C7H8O5S. The Morgan fingerprint density at radius 1 is 1.15 bits per heavy atom. The Kier molecular flexibility index (Phi) is 5.62. The van der Waals surface area contributed by atoms with E-state index >= 15 is 0 Å². The first-order chi connectivity index (χ1) is 6.02. The summed E-state index contributed by atoms with van der Waals surface area (Å²) < 4.78 is 0. The van der Waals surface area contributed by atoms with Gasteiger partial charge in [0.25, 0.3) is 0 Å². The number of carboxylic acid groups (broad SMARTS) is 2. The van der Waals surface area contributed by atoms with Gasteiger partial charge in [-0.15, -0.1) is 0 Å². The van der Waals surface area contributed by atoms with E-state index in [1.54, 1.807) is 0 Å². The average Bonchev–Trinajstić information content (AvgIpc) is 2.00. The number of hydrogen-bond acceptors (Lipinski definition) is 4. The molecule has 0 aromatic rings. The first kappa shape index (κ1) is 11.7. The molecule has 6 heteroatoms. The number of hydrogen-bond donors (Lipinski definition) is 2. The van der Waals surface area contributed by atoms with Crippen LogP contribution in [-0.4, -0.2) is 33.0 Å². The van der Waals surface area contributed by atoms with Crippen molar-refractivity contribution in [3.05, 3.63) is 12.2 Å². The maximum absolute atomic E-state index is 10.7. The molecule has 0 saturated heterocycles. The smallest absolute Gasteiger partial charge is 0.328 e. The zero-order valence-corrected chi connectivity index (χ0v) is 7.41. The molecule has 0 aromatic carbocycles. The third-order valence-corrected chi connectivity index (χ3v) is 1.75. The highest BCUT2D eigenvalue weighted by molar-refractivity contribution is 8.14. The lowest BCUT2D eigenvalue weighted by atomic mass is 10.5. The van der Waals surface area contributed by atoms with E-state index in [0.717, 1.165) is 23.9 Å². The zero-order valence-electron chi connectivity index (χ0n) is 6.60. The van der Waals surface area contributed by atoms with Crippen molar-refractivity contribution in [1.82, 2.24) is 0 Å². The van der Waals surface area contributed by atoms with Gasteiger partial charge >= 0.3 is 11.9 Å². The Morgan fingerprint density at radius 2 is 1.77 bits per heavy atom. The molecule has 0 atom stereocenters. The van der Waals surface area contributed by atoms with Crippen molar-refractivity contribution in [1.29, 1.82) is 0 Å². The van der Waals surface area contributed by atoms with Crippen LogP contribution >= 0.6 is 11.8 Å². The lowest BCUT2D eigenvalue weighted by Gasteiger charge is -1.91. The molecule has 0 amide bonds. The molecule has 0 aliphatic rings. The first-order valence-electron chi connectivity index (χ1n) is 3.32. The number of rotatable bonds is 5. The largest absolute Gasteiger partial charge is 0.481 e. The summed E-state index contributed by atoms with van der Waals surface area (Å²) in [5, 5.41) is 15.9. The zero-order chi connectivity index (χ0) is 10.3. The van der Waals surface area contributed by atoms with Crippen LogP contribution in [0.25, 0.3) is 0 Å². The molecule has 0 radical (unpaired) electrons. The molecule has 0 heterocycles. The SMILES string of the molecule is O=C(O)/C=C/C(=O)SCCC(=O)O. The minimum absolute atomic E-state index is 0.114. The minimum Gasteiger partial charge on any atom is -0.481 e. The second-order valence-corrected chi connectivity index (χ2v) is 3.08. The number of carbonyl (C=O) groups excluding carboxylic acids is 1. The van der Waals surface area contributed by atoms with Crippen LogP contribution in [0.15, 0.2) is 12.2 Å². The fourth-order valence-electron chi connectivity index (χ4n) is 0.426. The van der Waals surface area contributed by atoms with Gasteiger partial charge in [0.1, 0.15) is 0 Å². The van der Waals surface area contributed by atoms with Crippen LogP contribution in [-0.2, 0) is 14.4 Å². The van der Waals surface area contributed by atoms with E-state index in [2.05, 4.69) is 0 Å². The van der Waals surface area contributed by atoms with Crippen LogP contribution in [0.5, 0.6) is 0 Å². The second kappa shape index (κ2) is 6.24. The summed E-state index contributed by atoms with van der Waals surface area (Å²) in [7, 11) is 0. The summed E-state index contributed by atoms with van der Waals surface area (Å²) in [6, 6.07) is 0. The molecule has 0 spiro atoms. The molecule has 0 aromatic heterocycles. The minimum atomic E-state index is -1.20. The van der Waals surface area contributed by atoms with Crippen molar-refractivity contribution in [2.45, 2.75) is 6.42 Å². The summed E-state index contributed by atoms with van der Waals surface area (Å²) >= 11 is 0.777. The molecule has 0 fully saturated rings. The Hall–Kier alpha value is -1.30. The standard InChI is InChI=1S/C7H8O5S/c8-5(9)1-2-7(12)13-4-3-6(10)11/h1-2H,3-4H2,(H,8,9)(H,10,11)/b2-1+. The summed E-state index contributed by atoms with van der Waals surface area (Å²) in [5.41, 5.74) is 0. The first-order valence-corrected chi connectivity index (χ1v) is 4.30. The molecule has 0 aliphatic carbocycles. The number of aliphatic carboxylic acids is 2. The fourth-order valence-corrected chi connectivity index (χ4v) is 1.07. The van der Waals surface area contributed by atoms with Crippen LogP contribution in [0.4, 0.5) is 0 Å². The van der Waals surface area contributed by atoms with Crippen LogP contribution in [0.2, 0.25) is 0 Å². The van der Waals surface area contributed by atoms with E-state index < -0.39 is 17.1 Å². The summed E-state index contributed by atoms with van der Waals surface area (Å²) in [5.74, 6) is -2.03. The molecule has 0 rings (SSSR count). The van der Waals surface area contributed by atoms with Gasteiger partial charge < -0.3 is 10.2 Å². The summed E-state index contributed by atoms with van der Waals surface area (Å²) in [6.07, 6.45) is 1.50. The van der Waals surface area contributed by atoms with Crippen molar-refractivity contribution in [2.75, 3.05) is 5.75 Å². The molecule has 0 saturated carbocycles. The predicted molar refractivity (Wildman–Crippen MR) is 46.5 cm³/mol. The molecule has 72 valence electrons. The summed E-state index contributed by atoms with van der Waals surface area (Å²) in [4.78, 5) is 30.7. The third kappa shape index (κ3) is 8.61. The number of carbonyl (C=O) groups is 3. The maximum Gasteiger partial charge on any atom is 0.328 e. The second-order valence-electron chi connectivity index (χ2n) is 1.98. The highest BCUT2D eigenvalue weighted by Crippen LogP contribution is 2.04. The predicted octanol–water partition coefficient (Wildman–Crippen LogP) is 0.362. The van der Waals surface area contributed by atoms with Crippen LogP contribution in [0, 0.1) is 0 Å².